The molecule has 0 aliphatic heterocycles. The van der Waals surface area contributed by atoms with Crippen LogP contribution in [0.2, 0.25) is 0 Å². The van der Waals surface area contributed by atoms with E-state index >= 15 is 0 Å². The Kier molecular flexibility index (Phi) is 6.09. The highest BCUT2D eigenvalue weighted by atomic mass is 32.2. The van der Waals surface area contributed by atoms with Gasteiger partial charge in [0.2, 0.25) is 5.91 Å². The number of anilines is 2. The van der Waals surface area contributed by atoms with Crippen molar-refractivity contribution in [1.82, 2.24) is 0 Å². The molecule has 2 amide bonds. The first-order chi connectivity index (χ1) is 12.6. The topological polar surface area (TPSA) is 58.2 Å². The van der Waals surface area contributed by atoms with E-state index in [1.165, 1.54) is 28.7 Å². The molecule has 2 aromatic carbocycles. The number of carbonyl (C=O) groups excluding carboxylic acids is 2. The number of rotatable bonds is 6. The van der Waals surface area contributed by atoms with E-state index in [-0.39, 0.29) is 11.8 Å². The monoisotopic (exact) mass is 382 g/mol. The van der Waals surface area contributed by atoms with Gasteiger partial charge in [0.25, 0.3) is 5.91 Å². The van der Waals surface area contributed by atoms with Crippen molar-refractivity contribution >= 4 is 46.3 Å². The van der Waals surface area contributed by atoms with Gasteiger partial charge in [-0.05, 0) is 54.8 Å². The minimum Gasteiger partial charge on any atom is -0.325 e. The summed E-state index contributed by atoms with van der Waals surface area (Å²) in [4.78, 5) is 25.8. The third kappa shape index (κ3) is 5.21. The fraction of sp³-hybridized carbons (Fsp3) is 0.100. The lowest BCUT2D eigenvalue weighted by atomic mass is 10.2. The normalized spacial score (nSPS) is 10.3. The molecule has 0 aliphatic rings. The lowest BCUT2D eigenvalue weighted by Crippen LogP contribution is -2.14. The molecule has 4 nitrogen and oxygen atoms in total. The summed E-state index contributed by atoms with van der Waals surface area (Å²) in [7, 11) is 0. The molecule has 26 heavy (non-hydrogen) atoms. The number of hydrogen-bond acceptors (Lipinski definition) is 4. The van der Waals surface area contributed by atoms with E-state index in [0.717, 1.165) is 4.90 Å². The molecular weight excluding hydrogens is 364 g/mol. The highest BCUT2D eigenvalue weighted by Gasteiger charge is 2.07. The highest BCUT2D eigenvalue weighted by Crippen LogP contribution is 2.20. The second-order valence-electron chi connectivity index (χ2n) is 5.66. The fourth-order valence-corrected chi connectivity index (χ4v) is 3.54. The maximum absolute atomic E-state index is 12.1. The molecule has 3 rings (SSSR count). The van der Waals surface area contributed by atoms with E-state index in [2.05, 4.69) is 10.6 Å². The second kappa shape index (κ2) is 8.69. The van der Waals surface area contributed by atoms with Crippen molar-refractivity contribution in [2.45, 2.75) is 11.8 Å². The van der Waals surface area contributed by atoms with Gasteiger partial charge in [0.05, 0.1) is 10.6 Å². The van der Waals surface area contributed by atoms with Gasteiger partial charge in [0.15, 0.2) is 0 Å². The molecule has 0 spiro atoms. The third-order valence-electron chi connectivity index (χ3n) is 3.56. The number of amides is 2. The molecule has 1 heterocycles. The van der Waals surface area contributed by atoms with Crippen molar-refractivity contribution in [3.05, 3.63) is 76.5 Å². The molecule has 6 heteroatoms. The first kappa shape index (κ1) is 18.2. The Morgan fingerprint density at radius 2 is 1.58 bits per heavy atom. The van der Waals surface area contributed by atoms with Crippen molar-refractivity contribution in [2.24, 2.45) is 0 Å². The molecule has 3 aromatic rings. The van der Waals surface area contributed by atoms with Gasteiger partial charge < -0.3 is 10.6 Å². The van der Waals surface area contributed by atoms with E-state index in [4.69, 9.17) is 0 Å². The standard InChI is InChI=1S/C20H18N2O2S2/c1-14-4-10-17(11-5-14)26-13-19(23)21-15-6-8-16(9-7-15)22-20(24)18-3-2-12-25-18/h2-12H,13H2,1H3,(H,21,23)(H,22,24). The number of nitrogens with one attached hydrogen (secondary N) is 2. The molecular formula is C20H18N2O2S2. The average Bonchev–Trinajstić information content (AvgIpc) is 3.18. The predicted molar refractivity (Wildman–Crippen MR) is 109 cm³/mol. The van der Waals surface area contributed by atoms with Crippen LogP contribution in [0.4, 0.5) is 11.4 Å². The van der Waals surface area contributed by atoms with Crippen molar-refractivity contribution in [3.63, 3.8) is 0 Å². The van der Waals surface area contributed by atoms with Crippen LogP contribution in [0.3, 0.4) is 0 Å². The quantitative estimate of drug-likeness (QED) is 0.587. The number of thioether (sulfide) groups is 1. The Morgan fingerprint density at radius 1 is 0.923 bits per heavy atom. The highest BCUT2D eigenvalue weighted by molar-refractivity contribution is 8.00. The Morgan fingerprint density at radius 3 is 2.19 bits per heavy atom. The summed E-state index contributed by atoms with van der Waals surface area (Å²) in [6.07, 6.45) is 0. The van der Waals surface area contributed by atoms with Crippen molar-refractivity contribution in [3.8, 4) is 0 Å². The molecule has 1 aromatic heterocycles. The lowest BCUT2D eigenvalue weighted by molar-refractivity contribution is -0.113. The molecule has 2 N–H and O–H groups in total. The van der Waals surface area contributed by atoms with Crippen LogP contribution in [-0.4, -0.2) is 17.6 Å². The minimum atomic E-state index is -0.133. The van der Waals surface area contributed by atoms with Gasteiger partial charge >= 0.3 is 0 Å². The van der Waals surface area contributed by atoms with E-state index in [0.29, 0.717) is 22.0 Å². The van der Waals surface area contributed by atoms with Crippen molar-refractivity contribution in [1.29, 1.82) is 0 Å². The fourth-order valence-electron chi connectivity index (χ4n) is 2.22. The molecule has 0 fully saturated rings. The van der Waals surface area contributed by atoms with E-state index in [9.17, 15) is 9.59 Å². The van der Waals surface area contributed by atoms with Crippen LogP contribution in [0, 0.1) is 6.92 Å². The molecule has 0 bridgehead atoms. The molecule has 0 saturated heterocycles. The Labute approximate surface area is 160 Å². The first-order valence-electron chi connectivity index (χ1n) is 8.04. The van der Waals surface area contributed by atoms with Crippen LogP contribution >= 0.6 is 23.1 Å². The van der Waals surface area contributed by atoms with Crippen LogP contribution in [0.1, 0.15) is 15.2 Å². The van der Waals surface area contributed by atoms with Gasteiger partial charge in [-0.25, -0.2) is 0 Å². The molecule has 0 aliphatic carbocycles. The van der Waals surface area contributed by atoms with Gasteiger partial charge in [0.1, 0.15) is 0 Å². The van der Waals surface area contributed by atoms with Crippen LogP contribution in [0.15, 0.2) is 70.9 Å². The maximum atomic E-state index is 12.1. The Hall–Kier alpha value is -2.57. The number of hydrogen-bond donors (Lipinski definition) is 2. The zero-order valence-electron chi connectivity index (χ0n) is 14.2. The molecule has 0 unspecified atom stereocenters. The summed E-state index contributed by atoms with van der Waals surface area (Å²) in [6.45, 7) is 2.04. The van der Waals surface area contributed by atoms with E-state index < -0.39 is 0 Å². The Bertz CT molecular complexity index is 873. The number of benzene rings is 2. The van der Waals surface area contributed by atoms with E-state index in [1.807, 2.05) is 42.6 Å². The van der Waals surface area contributed by atoms with E-state index in [1.54, 1.807) is 30.3 Å². The summed E-state index contributed by atoms with van der Waals surface area (Å²) >= 11 is 2.89. The number of aryl methyl sites for hydroxylation is 1. The van der Waals surface area contributed by atoms with Crippen LogP contribution in [0.25, 0.3) is 0 Å². The van der Waals surface area contributed by atoms with Crippen LogP contribution in [-0.2, 0) is 4.79 Å². The summed E-state index contributed by atoms with van der Waals surface area (Å²) in [5.74, 6) is 0.150. The predicted octanol–water partition coefficient (Wildman–Crippen LogP) is 5.04. The summed E-state index contributed by atoms with van der Waals surface area (Å²) in [6, 6.07) is 18.8. The van der Waals surface area contributed by atoms with Crippen LogP contribution < -0.4 is 10.6 Å². The van der Waals surface area contributed by atoms with Gasteiger partial charge in [0, 0.05) is 16.3 Å². The lowest BCUT2D eigenvalue weighted by Gasteiger charge is -2.08. The summed E-state index contributed by atoms with van der Waals surface area (Å²) in [5, 5.41) is 7.56. The Balaban J connectivity index is 1.49. The number of thiophene rings is 1. The summed E-state index contributed by atoms with van der Waals surface area (Å²) in [5.41, 5.74) is 2.59. The smallest absolute Gasteiger partial charge is 0.265 e. The zero-order valence-corrected chi connectivity index (χ0v) is 15.8. The van der Waals surface area contributed by atoms with Gasteiger partial charge in [-0.1, -0.05) is 23.8 Å². The number of carbonyl (C=O) groups is 2. The van der Waals surface area contributed by atoms with Crippen molar-refractivity contribution in [2.75, 3.05) is 16.4 Å². The van der Waals surface area contributed by atoms with Crippen LogP contribution in [0.5, 0.6) is 0 Å². The minimum absolute atomic E-state index is 0.0639. The van der Waals surface area contributed by atoms with Gasteiger partial charge in [-0.2, -0.15) is 0 Å². The SMILES string of the molecule is Cc1ccc(SCC(=O)Nc2ccc(NC(=O)c3cccs3)cc2)cc1. The third-order valence-corrected chi connectivity index (χ3v) is 5.44. The zero-order chi connectivity index (χ0) is 18.4. The van der Waals surface area contributed by atoms with Crippen molar-refractivity contribution < 1.29 is 9.59 Å². The largest absolute Gasteiger partial charge is 0.325 e. The second-order valence-corrected chi connectivity index (χ2v) is 7.66. The molecule has 0 atom stereocenters. The molecule has 132 valence electrons. The maximum Gasteiger partial charge on any atom is 0.265 e. The average molecular weight is 383 g/mol. The van der Waals surface area contributed by atoms with Gasteiger partial charge in [-0.3, -0.25) is 9.59 Å². The molecule has 0 radical (unpaired) electrons. The summed E-state index contributed by atoms with van der Waals surface area (Å²) < 4.78 is 0. The van der Waals surface area contributed by atoms with Gasteiger partial charge in [-0.15, -0.1) is 23.1 Å². The first-order valence-corrected chi connectivity index (χ1v) is 9.91. The molecule has 0 saturated carbocycles.